The highest BCUT2D eigenvalue weighted by molar-refractivity contribution is 5.72. The summed E-state index contributed by atoms with van der Waals surface area (Å²) in [6.45, 7) is 12.0. The molecule has 9 unspecified atom stereocenters. The molecule has 0 heterocycles. The van der Waals surface area contributed by atoms with Gasteiger partial charge in [-0.3, -0.25) is 4.79 Å². The Morgan fingerprint density at radius 1 is 1.03 bits per heavy atom. The molecule has 0 aromatic rings. The first-order valence-electron chi connectivity index (χ1n) is 13.9. The summed E-state index contributed by atoms with van der Waals surface area (Å²) in [6.07, 6.45) is 18.6. The van der Waals surface area contributed by atoms with Crippen LogP contribution in [0.2, 0.25) is 0 Å². The normalized spacial score (nSPS) is 39.1. The molecule has 0 bridgehead atoms. The van der Waals surface area contributed by atoms with Gasteiger partial charge in [-0.1, -0.05) is 70.1 Å². The average molecular weight is 485 g/mol. The SMILES string of the molecule is COCOC1CCC2(C)C(=CC=C3C2CCC2(C)C3CCC2C(C)/C=C\C(C)C(C)C(=O)OC)C1. The summed E-state index contributed by atoms with van der Waals surface area (Å²) in [4.78, 5) is 11.9. The van der Waals surface area contributed by atoms with E-state index < -0.39 is 0 Å². The van der Waals surface area contributed by atoms with E-state index in [9.17, 15) is 4.79 Å². The first kappa shape index (κ1) is 26.7. The van der Waals surface area contributed by atoms with Gasteiger partial charge in [-0.05, 0) is 85.4 Å². The number of methoxy groups -OCH3 is 2. The van der Waals surface area contributed by atoms with Gasteiger partial charge in [-0.15, -0.1) is 0 Å². The smallest absolute Gasteiger partial charge is 0.308 e. The van der Waals surface area contributed by atoms with Crippen LogP contribution in [0.25, 0.3) is 0 Å². The minimum absolute atomic E-state index is 0.102. The summed E-state index contributed by atoms with van der Waals surface area (Å²) in [5.41, 5.74) is 4.00. The number of fused-ring (bicyclic) bond motifs is 5. The fourth-order valence-electron chi connectivity index (χ4n) is 8.23. The van der Waals surface area contributed by atoms with E-state index in [1.54, 1.807) is 18.3 Å². The Kier molecular flexibility index (Phi) is 8.03. The summed E-state index contributed by atoms with van der Waals surface area (Å²) in [7, 11) is 3.18. The number of rotatable bonds is 8. The third-order valence-corrected chi connectivity index (χ3v) is 10.7. The van der Waals surface area contributed by atoms with E-state index in [0.29, 0.717) is 47.4 Å². The number of hydrogen-bond donors (Lipinski definition) is 0. The average Bonchev–Trinajstić information content (AvgIpc) is 3.22. The van der Waals surface area contributed by atoms with Crippen molar-refractivity contribution in [1.82, 2.24) is 0 Å². The van der Waals surface area contributed by atoms with Crippen molar-refractivity contribution in [2.75, 3.05) is 21.0 Å². The van der Waals surface area contributed by atoms with Gasteiger partial charge in [0.25, 0.3) is 0 Å². The lowest BCUT2D eigenvalue weighted by atomic mass is 9.50. The van der Waals surface area contributed by atoms with E-state index in [0.717, 1.165) is 12.8 Å². The van der Waals surface area contributed by atoms with Crippen LogP contribution in [-0.4, -0.2) is 33.1 Å². The van der Waals surface area contributed by atoms with Crippen molar-refractivity contribution in [2.24, 2.45) is 46.3 Å². The monoisotopic (exact) mass is 484 g/mol. The molecular weight excluding hydrogens is 436 g/mol. The minimum atomic E-state index is -0.120. The van der Waals surface area contributed by atoms with Gasteiger partial charge in [0.1, 0.15) is 6.79 Å². The second kappa shape index (κ2) is 10.5. The summed E-state index contributed by atoms with van der Waals surface area (Å²) in [5, 5.41) is 0. The van der Waals surface area contributed by atoms with Crippen LogP contribution in [0.4, 0.5) is 0 Å². The molecule has 35 heavy (non-hydrogen) atoms. The van der Waals surface area contributed by atoms with Crippen molar-refractivity contribution in [3.63, 3.8) is 0 Å². The Hall–Kier alpha value is -1.39. The molecule has 196 valence electrons. The fraction of sp³-hybridized carbons (Fsp3) is 0.774. The summed E-state index contributed by atoms with van der Waals surface area (Å²) in [6, 6.07) is 0. The third-order valence-electron chi connectivity index (χ3n) is 10.7. The number of allylic oxidation sites excluding steroid dienone is 5. The number of carbonyl (C=O) groups excluding carboxylic acids is 1. The highest BCUT2D eigenvalue weighted by Crippen LogP contribution is 2.66. The van der Waals surface area contributed by atoms with Crippen LogP contribution in [0.5, 0.6) is 0 Å². The second-order valence-corrected chi connectivity index (χ2v) is 12.5. The lowest BCUT2D eigenvalue weighted by Crippen LogP contribution is -2.46. The van der Waals surface area contributed by atoms with Crippen LogP contribution >= 0.6 is 0 Å². The molecule has 0 aromatic carbocycles. The maximum absolute atomic E-state index is 11.9. The van der Waals surface area contributed by atoms with Crippen molar-refractivity contribution in [3.8, 4) is 0 Å². The van der Waals surface area contributed by atoms with Crippen LogP contribution in [0.15, 0.2) is 35.5 Å². The lowest BCUT2D eigenvalue weighted by molar-refractivity contribution is -0.145. The molecule has 0 radical (unpaired) electrons. The van der Waals surface area contributed by atoms with E-state index in [1.807, 2.05) is 6.92 Å². The standard InChI is InChI=1S/C31H48O4/c1-20(22(3)29(32)34-7)8-9-21(2)26-12-13-27-25-11-10-23-18-24(35-19-33-6)14-16-30(23,4)28(25)15-17-31(26,27)5/h8-11,20-22,24,26-28H,12-19H2,1-7H3/b9-8-. The molecule has 0 amide bonds. The molecule has 0 N–H and O–H groups in total. The van der Waals surface area contributed by atoms with Gasteiger partial charge in [-0.2, -0.15) is 0 Å². The molecule has 9 atom stereocenters. The van der Waals surface area contributed by atoms with E-state index >= 15 is 0 Å². The number of carbonyl (C=O) groups is 1. The van der Waals surface area contributed by atoms with E-state index in [-0.39, 0.29) is 17.8 Å². The number of hydrogen-bond acceptors (Lipinski definition) is 4. The topological polar surface area (TPSA) is 44.8 Å². The molecular formula is C31H48O4. The van der Waals surface area contributed by atoms with Crippen molar-refractivity contribution < 1.29 is 19.0 Å². The van der Waals surface area contributed by atoms with Crippen LogP contribution in [0.1, 0.15) is 79.6 Å². The highest BCUT2D eigenvalue weighted by Gasteiger charge is 2.56. The molecule has 0 spiro atoms. The van der Waals surface area contributed by atoms with Crippen molar-refractivity contribution >= 4 is 5.97 Å². The summed E-state index contributed by atoms with van der Waals surface area (Å²) in [5.74, 6) is 2.58. The van der Waals surface area contributed by atoms with Gasteiger partial charge in [0.15, 0.2) is 0 Å². The highest BCUT2D eigenvalue weighted by atomic mass is 16.7. The zero-order valence-electron chi connectivity index (χ0n) is 23.1. The predicted molar refractivity (Wildman–Crippen MR) is 141 cm³/mol. The maximum Gasteiger partial charge on any atom is 0.308 e. The molecule has 0 saturated heterocycles. The predicted octanol–water partition coefficient (Wildman–Crippen LogP) is 7.11. The molecule has 4 aliphatic rings. The zero-order valence-corrected chi connectivity index (χ0v) is 23.1. The molecule has 4 rings (SSSR count). The van der Waals surface area contributed by atoms with Crippen LogP contribution in [0.3, 0.4) is 0 Å². The van der Waals surface area contributed by atoms with Gasteiger partial charge in [-0.25, -0.2) is 0 Å². The summed E-state index contributed by atoms with van der Waals surface area (Å²) >= 11 is 0. The molecule has 0 aromatic heterocycles. The zero-order chi connectivity index (χ0) is 25.4. The quantitative estimate of drug-likeness (QED) is 0.209. The Bertz CT molecular complexity index is 871. The van der Waals surface area contributed by atoms with Crippen molar-refractivity contribution in [1.29, 1.82) is 0 Å². The van der Waals surface area contributed by atoms with Crippen molar-refractivity contribution in [3.05, 3.63) is 35.5 Å². The van der Waals surface area contributed by atoms with E-state index in [4.69, 9.17) is 14.2 Å². The fourth-order valence-corrected chi connectivity index (χ4v) is 8.23. The first-order valence-corrected chi connectivity index (χ1v) is 13.9. The maximum atomic E-state index is 11.9. The van der Waals surface area contributed by atoms with E-state index in [1.165, 1.54) is 39.2 Å². The van der Waals surface area contributed by atoms with Gasteiger partial charge in [0, 0.05) is 7.11 Å². The number of ether oxygens (including phenoxy) is 3. The molecule has 3 saturated carbocycles. The molecule has 0 aliphatic heterocycles. The molecule has 4 nitrogen and oxygen atoms in total. The van der Waals surface area contributed by atoms with Gasteiger partial charge in [0.2, 0.25) is 0 Å². The number of esters is 1. The van der Waals surface area contributed by atoms with E-state index in [2.05, 4.69) is 52.0 Å². The minimum Gasteiger partial charge on any atom is -0.469 e. The Labute approximate surface area is 213 Å². The Morgan fingerprint density at radius 3 is 2.51 bits per heavy atom. The molecule has 4 heteroatoms. The largest absolute Gasteiger partial charge is 0.469 e. The third kappa shape index (κ3) is 4.82. The van der Waals surface area contributed by atoms with Crippen LogP contribution < -0.4 is 0 Å². The van der Waals surface area contributed by atoms with Gasteiger partial charge >= 0.3 is 5.97 Å². The summed E-state index contributed by atoms with van der Waals surface area (Å²) < 4.78 is 16.1. The van der Waals surface area contributed by atoms with Crippen LogP contribution in [0, 0.1) is 46.3 Å². The van der Waals surface area contributed by atoms with Gasteiger partial charge < -0.3 is 14.2 Å². The first-order chi connectivity index (χ1) is 16.7. The molecule has 4 aliphatic carbocycles. The van der Waals surface area contributed by atoms with Crippen LogP contribution in [-0.2, 0) is 19.0 Å². The van der Waals surface area contributed by atoms with Crippen molar-refractivity contribution in [2.45, 2.75) is 85.7 Å². The Balaban J connectivity index is 1.49. The molecule has 3 fully saturated rings. The van der Waals surface area contributed by atoms with Gasteiger partial charge in [0.05, 0.1) is 19.1 Å². The lowest BCUT2D eigenvalue weighted by Gasteiger charge is -2.55. The second-order valence-electron chi connectivity index (χ2n) is 12.5. The Morgan fingerprint density at radius 2 is 1.80 bits per heavy atom.